The minimum Gasteiger partial charge on any atom is -0.274 e. The summed E-state index contributed by atoms with van der Waals surface area (Å²) in [6.45, 7) is 1.92. The molecule has 4 atom stereocenters. The molecule has 2 heterocycles. The quantitative estimate of drug-likeness (QED) is 0.599. The lowest BCUT2D eigenvalue weighted by Gasteiger charge is -2.38. The van der Waals surface area contributed by atoms with Crippen LogP contribution in [-0.2, 0) is 9.59 Å². The van der Waals surface area contributed by atoms with E-state index in [9.17, 15) is 9.59 Å². The molecular weight excluding hydrogens is 300 g/mol. The molecule has 0 radical (unpaired) electrons. The highest BCUT2D eigenvalue weighted by atomic mass is 16.2. The zero-order valence-electron chi connectivity index (χ0n) is 13.5. The van der Waals surface area contributed by atoms with Crippen LogP contribution >= 0.6 is 0 Å². The molecule has 120 valence electrons. The van der Waals surface area contributed by atoms with Crippen molar-refractivity contribution >= 4 is 28.4 Å². The zero-order valence-corrected chi connectivity index (χ0v) is 13.5. The first-order chi connectivity index (χ1) is 11.6. The summed E-state index contributed by atoms with van der Waals surface area (Å²) in [6.07, 6.45) is 6.33. The minimum atomic E-state index is -0.179. The molecular formula is C20H18N2O2. The first-order valence-corrected chi connectivity index (χ1v) is 8.57. The predicted octanol–water partition coefficient (Wildman–Crippen LogP) is 3.24. The molecule has 0 N–H and O–H groups in total. The third kappa shape index (κ3) is 1.71. The van der Waals surface area contributed by atoms with Gasteiger partial charge in [-0.1, -0.05) is 30.4 Å². The maximum atomic E-state index is 13.1. The van der Waals surface area contributed by atoms with Gasteiger partial charge in [-0.2, -0.15) is 0 Å². The number of para-hydroxylation sites is 1. The van der Waals surface area contributed by atoms with Gasteiger partial charge in [0, 0.05) is 11.1 Å². The van der Waals surface area contributed by atoms with Gasteiger partial charge in [0.1, 0.15) is 0 Å². The standard InChI is InChI=1S/C20H18N2O2/c1-11-5-6-14-3-2-4-15(18(14)21-11)22-19(23)16-12-7-8-13(10-9-12)17(16)20(22)24/h2-8,12-13,16-17H,9-10H2,1H3/t12-,13+,16-,17+. The lowest BCUT2D eigenvalue weighted by atomic mass is 9.63. The van der Waals surface area contributed by atoms with E-state index in [4.69, 9.17) is 0 Å². The molecule has 1 aromatic carbocycles. The van der Waals surface area contributed by atoms with E-state index < -0.39 is 0 Å². The Morgan fingerprint density at radius 3 is 2.25 bits per heavy atom. The number of pyridine rings is 1. The van der Waals surface area contributed by atoms with Gasteiger partial charge < -0.3 is 0 Å². The number of fused-ring (bicyclic) bond motifs is 2. The van der Waals surface area contributed by atoms with Gasteiger partial charge in [-0.3, -0.25) is 14.6 Å². The van der Waals surface area contributed by atoms with Crippen LogP contribution in [0.25, 0.3) is 10.9 Å². The van der Waals surface area contributed by atoms with Crippen LogP contribution < -0.4 is 4.90 Å². The normalized spacial score (nSPS) is 31.1. The fraction of sp³-hybridized carbons (Fsp3) is 0.350. The second-order valence-electron chi connectivity index (χ2n) is 7.15. The van der Waals surface area contributed by atoms with Crippen molar-refractivity contribution in [3.63, 3.8) is 0 Å². The molecule has 2 amide bonds. The summed E-state index contributed by atoms with van der Waals surface area (Å²) in [6, 6.07) is 9.64. The van der Waals surface area contributed by atoms with Crippen LogP contribution in [-0.4, -0.2) is 16.8 Å². The van der Waals surface area contributed by atoms with Gasteiger partial charge in [0.05, 0.1) is 23.0 Å². The van der Waals surface area contributed by atoms with Gasteiger partial charge in [0.15, 0.2) is 0 Å². The number of carbonyl (C=O) groups is 2. The third-order valence-corrected chi connectivity index (χ3v) is 5.84. The summed E-state index contributed by atoms with van der Waals surface area (Å²) in [7, 11) is 0. The van der Waals surface area contributed by atoms with Crippen molar-refractivity contribution in [2.24, 2.45) is 23.7 Å². The van der Waals surface area contributed by atoms with Gasteiger partial charge >= 0.3 is 0 Å². The van der Waals surface area contributed by atoms with E-state index in [2.05, 4.69) is 17.1 Å². The van der Waals surface area contributed by atoms with Crippen molar-refractivity contribution in [1.82, 2.24) is 4.98 Å². The molecule has 24 heavy (non-hydrogen) atoms. The molecule has 2 fully saturated rings. The maximum Gasteiger partial charge on any atom is 0.238 e. The van der Waals surface area contributed by atoms with Crippen LogP contribution in [0.3, 0.4) is 0 Å². The Morgan fingerprint density at radius 1 is 0.958 bits per heavy atom. The van der Waals surface area contributed by atoms with E-state index in [0.29, 0.717) is 5.69 Å². The van der Waals surface area contributed by atoms with Crippen molar-refractivity contribution < 1.29 is 9.59 Å². The molecule has 3 aliphatic carbocycles. The smallest absolute Gasteiger partial charge is 0.238 e. The van der Waals surface area contributed by atoms with E-state index in [1.54, 1.807) is 0 Å². The monoisotopic (exact) mass is 318 g/mol. The Bertz CT molecular complexity index is 885. The van der Waals surface area contributed by atoms with Crippen LogP contribution in [0, 0.1) is 30.6 Å². The first kappa shape index (κ1) is 13.9. The SMILES string of the molecule is Cc1ccc2cccc(N3C(=O)[C@@H]4[C@H](C3=O)[C@@H]3C=C[C@H]4CC3)c2n1. The van der Waals surface area contributed by atoms with Crippen molar-refractivity contribution in [1.29, 1.82) is 0 Å². The molecule has 1 aromatic heterocycles. The summed E-state index contributed by atoms with van der Waals surface area (Å²) in [5.74, 6) is -0.0143. The number of aryl methyl sites for hydroxylation is 1. The maximum absolute atomic E-state index is 13.1. The summed E-state index contributed by atoms with van der Waals surface area (Å²) in [5, 5.41) is 0.953. The number of hydrogen-bond acceptors (Lipinski definition) is 3. The fourth-order valence-electron chi connectivity index (χ4n) is 4.72. The Balaban J connectivity index is 1.67. The van der Waals surface area contributed by atoms with E-state index in [0.717, 1.165) is 29.4 Å². The largest absolute Gasteiger partial charge is 0.274 e. The Kier molecular flexibility index (Phi) is 2.76. The molecule has 0 unspecified atom stereocenters. The Labute approximate surface area is 140 Å². The van der Waals surface area contributed by atoms with Crippen LogP contribution in [0.15, 0.2) is 42.5 Å². The van der Waals surface area contributed by atoms with Crippen LogP contribution in [0.1, 0.15) is 18.5 Å². The van der Waals surface area contributed by atoms with Gasteiger partial charge in [-0.15, -0.1) is 0 Å². The number of carbonyl (C=O) groups excluding carboxylic acids is 2. The topological polar surface area (TPSA) is 50.3 Å². The molecule has 4 heteroatoms. The molecule has 1 saturated heterocycles. The minimum absolute atomic E-state index is 0.0418. The second-order valence-corrected chi connectivity index (χ2v) is 7.15. The lowest BCUT2D eigenvalue weighted by Crippen LogP contribution is -2.38. The highest BCUT2D eigenvalue weighted by Gasteiger charge is 2.57. The molecule has 2 bridgehead atoms. The number of nitrogens with zero attached hydrogens (tertiary/aromatic N) is 2. The van der Waals surface area contributed by atoms with Gasteiger partial charge in [-0.05, 0) is 43.7 Å². The van der Waals surface area contributed by atoms with E-state index in [-0.39, 0.29) is 35.5 Å². The molecule has 2 aromatic rings. The van der Waals surface area contributed by atoms with E-state index in [1.165, 1.54) is 4.90 Å². The van der Waals surface area contributed by atoms with Crippen molar-refractivity contribution in [3.8, 4) is 0 Å². The van der Waals surface area contributed by atoms with Crippen LogP contribution in [0.2, 0.25) is 0 Å². The van der Waals surface area contributed by atoms with Crippen LogP contribution in [0.5, 0.6) is 0 Å². The number of anilines is 1. The molecule has 0 spiro atoms. The van der Waals surface area contributed by atoms with Gasteiger partial charge in [0.2, 0.25) is 11.8 Å². The summed E-state index contributed by atoms with van der Waals surface area (Å²) >= 11 is 0. The number of rotatable bonds is 1. The lowest BCUT2D eigenvalue weighted by molar-refractivity contribution is -0.124. The van der Waals surface area contributed by atoms with Crippen molar-refractivity contribution in [2.75, 3.05) is 4.90 Å². The highest BCUT2D eigenvalue weighted by Crippen LogP contribution is 2.50. The zero-order chi connectivity index (χ0) is 16.4. The Morgan fingerprint density at radius 2 is 1.62 bits per heavy atom. The average Bonchev–Trinajstić information content (AvgIpc) is 2.89. The number of imide groups is 1. The fourth-order valence-corrected chi connectivity index (χ4v) is 4.72. The summed E-state index contributed by atoms with van der Waals surface area (Å²) < 4.78 is 0. The van der Waals surface area contributed by atoms with E-state index >= 15 is 0 Å². The average molecular weight is 318 g/mol. The number of amides is 2. The molecule has 1 aliphatic heterocycles. The molecule has 6 rings (SSSR count). The number of hydrogen-bond donors (Lipinski definition) is 0. The first-order valence-electron chi connectivity index (χ1n) is 8.57. The van der Waals surface area contributed by atoms with Crippen molar-refractivity contribution in [3.05, 3.63) is 48.2 Å². The second kappa shape index (κ2) is 4.76. The van der Waals surface area contributed by atoms with E-state index in [1.807, 2.05) is 37.3 Å². The molecule has 1 saturated carbocycles. The molecule has 4 aliphatic rings. The summed E-state index contributed by atoms with van der Waals surface area (Å²) in [5.41, 5.74) is 2.26. The molecule has 4 nitrogen and oxygen atoms in total. The number of aromatic nitrogens is 1. The third-order valence-electron chi connectivity index (χ3n) is 5.84. The van der Waals surface area contributed by atoms with Crippen LogP contribution in [0.4, 0.5) is 5.69 Å². The van der Waals surface area contributed by atoms with Gasteiger partial charge in [0.25, 0.3) is 0 Å². The summed E-state index contributed by atoms with van der Waals surface area (Å²) in [4.78, 5) is 32.2. The van der Waals surface area contributed by atoms with Crippen molar-refractivity contribution in [2.45, 2.75) is 19.8 Å². The number of benzene rings is 1. The predicted molar refractivity (Wildman–Crippen MR) is 91.3 cm³/mol. The highest BCUT2D eigenvalue weighted by molar-refractivity contribution is 6.25. The number of allylic oxidation sites excluding steroid dienone is 2. The Hall–Kier alpha value is -2.49. The van der Waals surface area contributed by atoms with Gasteiger partial charge in [-0.25, -0.2) is 4.90 Å².